The largest absolute Gasteiger partial charge is 0.399 e. The summed E-state index contributed by atoms with van der Waals surface area (Å²) in [4.78, 5) is 14.4. The second-order valence-electron chi connectivity index (χ2n) is 4.86. The quantitative estimate of drug-likeness (QED) is 0.811. The van der Waals surface area contributed by atoms with Gasteiger partial charge in [0.15, 0.2) is 0 Å². The summed E-state index contributed by atoms with van der Waals surface area (Å²) in [6.07, 6.45) is 3.30. The summed E-state index contributed by atoms with van der Waals surface area (Å²) in [5.74, 6) is 0.129. The molecular formula is C14H20N2O. The van der Waals surface area contributed by atoms with Crippen molar-refractivity contribution in [1.82, 2.24) is 4.90 Å². The second kappa shape index (κ2) is 4.78. The third-order valence-electron chi connectivity index (χ3n) is 3.06. The molecule has 0 unspecified atom stereocenters. The molecule has 2 N–H and O–H groups in total. The number of amides is 1. The van der Waals surface area contributed by atoms with E-state index in [9.17, 15) is 4.79 Å². The van der Waals surface area contributed by atoms with Crippen LogP contribution in [-0.2, 0) is 0 Å². The van der Waals surface area contributed by atoms with Gasteiger partial charge >= 0.3 is 0 Å². The van der Waals surface area contributed by atoms with Crippen molar-refractivity contribution in [3.05, 3.63) is 29.3 Å². The molecule has 17 heavy (non-hydrogen) atoms. The van der Waals surface area contributed by atoms with Gasteiger partial charge in [0.2, 0.25) is 0 Å². The van der Waals surface area contributed by atoms with Crippen molar-refractivity contribution in [2.75, 3.05) is 12.3 Å². The minimum absolute atomic E-state index is 0.129. The van der Waals surface area contributed by atoms with E-state index in [4.69, 9.17) is 5.73 Å². The maximum absolute atomic E-state index is 12.4. The summed E-state index contributed by atoms with van der Waals surface area (Å²) in [6, 6.07) is 6.05. The Hall–Kier alpha value is -1.51. The van der Waals surface area contributed by atoms with Crippen LogP contribution < -0.4 is 5.73 Å². The molecule has 1 fully saturated rings. The maximum atomic E-state index is 12.4. The summed E-state index contributed by atoms with van der Waals surface area (Å²) in [6.45, 7) is 4.92. The van der Waals surface area contributed by atoms with Crippen LogP contribution in [0, 0.1) is 6.92 Å². The first-order valence-corrected chi connectivity index (χ1v) is 6.30. The minimum Gasteiger partial charge on any atom is -0.399 e. The third kappa shape index (κ3) is 2.78. The SMILES string of the molecule is CCCN(C(=O)c1cc(C)cc(N)c1)C1CC1. The van der Waals surface area contributed by atoms with E-state index < -0.39 is 0 Å². The van der Waals surface area contributed by atoms with E-state index >= 15 is 0 Å². The van der Waals surface area contributed by atoms with Crippen LogP contribution in [0.3, 0.4) is 0 Å². The zero-order valence-electron chi connectivity index (χ0n) is 10.6. The van der Waals surface area contributed by atoms with Crippen LogP contribution in [0.2, 0.25) is 0 Å². The molecule has 92 valence electrons. The molecule has 0 spiro atoms. The topological polar surface area (TPSA) is 46.3 Å². The van der Waals surface area contributed by atoms with Gasteiger partial charge in [0, 0.05) is 23.8 Å². The van der Waals surface area contributed by atoms with Gasteiger partial charge in [-0.25, -0.2) is 0 Å². The van der Waals surface area contributed by atoms with Gasteiger partial charge in [-0.05, 0) is 49.9 Å². The fourth-order valence-electron chi connectivity index (χ4n) is 2.18. The van der Waals surface area contributed by atoms with Crippen molar-refractivity contribution in [3.8, 4) is 0 Å². The molecule has 0 bridgehead atoms. The molecule has 1 aromatic carbocycles. The average Bonchev–Trinajstić information content (AvgIpc) is 3.07. The molecule has 1 aromatic rings. The average molecular weight is 232 g/mol. The fourth-order valence-corrected chi connectivity index (χ4v) is 2.18. The molecule has 0 aliphatic heterocycles. The Kier molecular flexibility index (Phi) is 3.36. The van der Waals surface area contributed by atoms with Crippen molar-refractivity contribution in [2.24, 2.45) is 0 Å². The number of benzene rings is 1. The first-order valence-electron chi connectivity index (χ1n) is 6.30. The first kappa shape index (κ1) is 12.0. The lowest BCUT2D eigenvalue weighted by Gasteiger charge is -2.22. The van der Waals surface area contributed by atoms with E-state index in [0.717, 1.165) is 36.9 Å². The van der Waals surface area contributed by atoms with Crippen LogP contribution in [0.4, 0.5) is 5.69 Å². The summed E-state index contributed by atoms with van der Waals surface area (Å²) in [7, 11) is 0. The van der Waals surface area contributed by atoms with Gasteiger partial charge in [0.1, 0.15) is 0 Å². The number of carbonyl (C=O) groups excluding carboxylic acids is 1. The molecule has 1 aliphatic carbocycles. The molecule has 1 aliphatic rings. The predicted molar refractivity (Wildman–Crippen MR) is 69.9 cm³/mol. The number of hydrogen-bond acceptors (Lipinski definition) is 2. The number of carbonyl (C=O) groups is 1. The molecule has 1 saturated carbocycles. The lowest BCUT2D eigenvalue weighted by atomic mass is 10.1. The van der Waals surface area contributed by atoms with Crippen LogP contribution in [0.25, 0.3) is 0 Å². The lowest BCUT2D eigenvalue weighted by molar-refractivity contribution is 0.0743. The number of aryl methyl sites for hydroxylation is 1. The monoisotopic (exact) mass is 232 g/mol. The van der Waals surface area contributed by atoms with Crippen LogP contribution in [0.15, 0.2) is 18.2 Å². The second-order valence-corrected chi connectivity index (χ2v) is 4.86. The number of rotatable bonds is 4. The minimum atomic E-state index is 0.129. The summed E-state index contributed by atoms with van der Waals surface area (Å²) < 4.78 is 0. The highest BCUT2D eigenvalue weighted by atomic mass is 16.2. The Bertz CT molecular complexity index is 404. The highest BCUT2D eigenvalue weighted by Crippen LogP contribution is 2.28. The Morgan fingerprint density at radius 2 is 2.12 bits per heavy atom. The van der Waals surface area contributed by atoms with Crippen molar-refractivity contribution in [1.29, 1.82) is 0 Å². The molecule has 0 heterocycles. The molecule has 1 amide bonds. The Morgan fingerprint density at radius 1 is 1.41 bits per heavy atom. The number of anilines is 1. The Morgan fingerprint density at radius 3 is 2.65 bits per heavy atom. The summed E-state index contributed by atoms with van der Waals surface area (Å²) >= 11 is 0. The standard InChI is InChI=1S/C14H20N2O/c1-3-6-16(13-4-5-13)14(17)11-7-10(2)8-12(15)9-11/h7-9,13H,3-6,15H2,1-2H3. The molecule has 3 nitrogen and oxygen atoms in total. The van der Waals surface area contributed by atoms with E-state index in [2.05, 4.69) is 6.92 Å². The van der Waals surface area contributed by atoms with E-state index in [-0.39, 0.29) is 5.91 Å². The van der Waals surface area contributed by atoms with Gasteiger partial charge < -0.3 is 10.6 Å². The van der Waals surface area contributed by atoms with Gasteiger partial charge in [-0.15, -0.1) is 0 Å². The van der Waals surface area contributed by atoms with Crippen molar-refractivity contribution >= 4 is 11.6 Å². The van der Waals surface area contributed by atoms with Crippen LogP contribution in [0.1, 0.15) is 42.1 Å². The molecule has 0 atom stereocenters. The molecule has 0 saturated heterocycles. The highest BCUT2D eigenvalue weighted by Gasteiger charge is 2.32. The van der Waals surface area contributed by atoms with E-state index in [1.165, 1.54) is 0 Å². The number of nitrogen functional groups attached to an aromatic ring is 1. The highest BCUT2D eigenvalue weighted by molar-refractivity contribution is 5.95. The first-order chi connectivity index (χ1) is 8.11. The zero-order chi connectivity index (χ0) is 12.4. The fraction of sp³-hybridized carbons (Fsp3) is 0.500. The van der Waals surface area contributed by atoms with Gasteiger partial charge in [-0.2, -0.15) is 0 Å². The van der Waals surface area contributed by atoms with E-state index in [1.54, 1.807) is 6.07 Å². The number of nitrogens with zero attached hydrogens (tertiary/aromatic N) is 1. The number of hydrogen-bond donors (Lipinski definition) is 1. The van der Waals surface area contributed by atoms with Gasteiger partial charge in [0.05, 0.1) is 0 Å². The summed E-state index contributed by atoms with van der Waals surface area (Å²) in [5.41, 5.74) is 8.23. The van der Waals surface area contributed by atoms with Crippen molar-refractivity contribution in [3.63, 3.8) is 0 Å². The normalized spacial score (nSPS) is 14.7. The van der Waals surface area contributed by atoms with Crippen LogP contribution in [-0.4, -0.2) is 23.4 Å². The maximum Gasteiger partial charge on any atom is 0.254 e. The van der Waals surface area contributed by atoms with Crippen molar-refractivity contribution in [2.45, 2.75) is 39.2 Å². The molecule has 2 rings (SSSR count). The molecule has 0 aromatic heterocycles. The molecule has 0 radical (unpaired) electrons. The molecule has 3 heteroatoms. The third-order valence-corrected chi connectivity index (χ3v) is 3.06. The Balaban J connectivity index is 2.21. The van der Waals surface area contributed by atoms with Crippen LogP contribution >= 0.6 is 0 Å². The van der Waals surface area contributed by atoms with Gasteiger partial charge in [0.25, 0.3) is 5.91 Å². The van der Waals surface area contributed by atoms with Crippen molar-refractivity contribution < 1.29 is 4.79 Å². The zero-order valence-corrected chi connectivity index (χ0v) is 10.6. The van der Waals surface area contributed by atoms with Crippen LogP contribution in [0.5, 0.6) is 0 Å². The van der Waals surface area contributed by atoms with Gasteiger partial charge in [-0.3, -0.25) is 4.79 Å². The lowest BCUT2D eigenvalue weighted by Crippen LogP contribution is -2.33. The van der Waals surface area contributed by atoms with E-state index in [1.807, 2.05) is 24.0 Å². The van der Waals surface area contributed by atoms with Gasteiger partial charge in [-0.1, -0.05) is 6.92 Å². The predicted octanol–water partition coefficient (Wildman–Crippen LogP) is 2.59. The Labute approximate surface area is 103 Å². The summed E-state index contributed by atoms with van der Waals surface area (Å²) in [5, 5.41) is 0. The number of nitrogens with two attached hydrogens (primary N) is 1. The smallest absolute Gasteiger partial charge is 0.254 e. The molecular weight excluding hydrogens is 212 g/mol. The van der Waals surface area contributed by atoms with E-state index in [0.29, 0.717) is 11.7 Å².